The van der Waals surface area contributed by atoms with Crippen LogP contribution < -0.4 is 5.32 Å². The molecular weight excluding hydrogens is 320 g/mol. The lowest BCUT2D eigenvalue weighted by Crippen LogP contribution is -2.30. The average Bonchev–Trinajstić information content (AvgIpc) is 3.28. The minimum absolute atomic E-state index is 0.0123. The Balaban J connectivity index is 1.78. The molecule has 1 atom stereocenters. The van der Waals surface area contributed by atoms with E-state index in [1.165, 1.54) is 6.92 Å². The highest BCUT2D eigenvalue weighted by Gasteiger charge is 2.32. The predicted octanol–water partition coefficient (Wildman–Crippen LogP) is 2.25. The summed E-state index contributed by atoms with van der Waals surface area (Å²) in [6.07, 6.45) is 4.28. The number of hydrogen-bond donors (Lipinski definition) is 1. The molecule has 2 amide bonds. The number of pyridine rings is 1. The summed E-state index contributed by atoms with van der Waals surface area (Å²) in [5, 5.41) is 6.65. The summed E-state index contributed by atoms with van der Waals surface area (Å²) >= 11 is 0. The molecule has 1 fully saturated rings. The quantitative estimate of drug-likeness (QED) is 0.900. The zero-order valence-corrected chi connectivity index (χ0v) is 14.5. The van der Waals surface area contributed by atoms with Gasteiger partial charge in [-0.1, -0.05) is 12.1 Å². The van der Waals surface area contributed by atoms with Crippen LogP contribution in [0.25, 0.3) is 0 Å². The van der Waals surface area contributed by atoms with Crippen LogP contribution in [0.2, 0.25) is 0 Å². The van der Waals surface area contributed by atoms with E-state index in [4.69, 9.17) is 4.52 Å². The summed E-state index contributed by atoms with van der Waals surface area (Å²) in [4.78, 5) is 30.0. The minimum atomic E-state index is -0.130. The standard InChI is InChI=1S/C18H22N4O3/c1-3-14-10-17(25-21-14)18(24)22-8-4-5-16(22)13-6-7-19-15(9-13)11-20-12(2)23/h6-7,9-10,16H,3-5,8,11H2,1-2H3,(H,20,23). The SMILES string of the molecule is CCc1cc(C(=O)N2CCCC2c2ccnc(CNC(C)=O)c2)on1. The predicted molar refractivity (Wildman–Crippen MR) is 90.7 cm³/mol. The van der Waals surface area contributed by atoms with Gasteiger partial charge in [-0.2, -0.15) is 0 Å². The number of nitrogens with zero attached hydrogens (tertiary/aromatic N) is 3. The van der Waals surface area contributed by atoms with Crippen molar-refractivity contribution in [3.8, 4) is 0 Å². The number of aromatic nitrogens is 2. The highest BCUT2D eigenvalue weighted by atomic mass is 16.5. The van der Waals surface area contributed by atoms with E-state index in [9.17, 15) is 9.59 Å². The molecule has 0 saturated carbocycles. The molecule has 3 rings (SSSR count). The largest absolute Gasteiger partial charge is 0.351 e. The number of hydrogen-bond acceptors (Lipinski definition) is 5. The van der Waals surface area contributed by atoms with Crippen molar-refractivity contribution in [2.24, 2.45) is 0 Å². The number of nitrogens with one attached hydrogen (secondary N) is 1. The molecule has 3 heterocycles. The molecule has 2 aromatic heterocycles. The summed E-state index contributed by atoms with van der Waals surface area (Å²) < 4.78 is 5.20. The van der Waals surface area contributed by atoms with E-state index in [0.29, 0.717) is 13.1 Å². The zero-order valence-electron chi connectivity index (χ0n) is 14.5. The second kappa shape index (κ2) is 7.46. The van der Waals surface area contributed by atoms with E-state index < -0.39 is 0 Å². The molecule has 7 nitrogen and oxygen atoms in total. The van der Waals surface area contributed by atoms with Crippen LogP contribution in [0.5, 0.6) is 0 Å². The molecule has 0 bridgehead atoms. The Bertz CT molecular complexity index is 771. The van der Waals surface area contributed by atoms with E-state index in [1.54, 1.807) is 12.3 Å². The van der Waals surface area contributed by atoms with E-state index in [-0.39, 0.29) is 23.6 Å². The van der Waals surface area contributed by atoms with Crippen LogP contribution in [0.1, 0.15) is 60.2 Å². The smallest absolute Gasteiger partial charge is 0.292 e. The van der Waals surface area contributed by atoms with E-state index in [0.717, 1.165) is 36.2 Å². The van der Waals surface area contributed by atoms with Crippen molar-refractivity contribution >= 4 is 11.8 Å². The van der Waals surface area contributed by atoms with Gasteiger partial charge in [-0.3, -0.25) is 14.6 Å². The van der Waals surface area contributed by atoms with E-state index in [1.807, 2.05) is 24.0 Å². The number of carbonyl (C=O) groups is 2. The molecule has 0 aliphatic carbocycles. The van der Waals surface area contributed by atoms with Crippen LogP contribution in [-0.2, 0) is 17.8 Å². The van der Waals surface area contributed by atoms with Gasteiger partial charge in [0.1, 0.15) is 0 Å². The molecule has 1 aliphatic rings. The van der Waals surface area contributed by atoms with Gasteiger partial charge in [0.25, 0.3) is 5.91 Å². The Morgan fingerprint density at radius 2 is 2.20 bits per heavy atom. The van der Waals surface area contributed by atoms with Gasteiger partial charge in [0.15, 0.2) is 0 Å². The van der Waals surface area contributed by atoms with Gasteiger partial charge in [-0.25, -0.2) is 0 Å². The van der Waals surface area contributed by atoms with Crippen molar-refractivity contribution in [3.05, 3.63) is 47.1 Å². The maximum atomic E-state index is 12.8. The highest BCUT2D eigenvalue weighted by molar-refractivity contribution is 5.92. The number of aryl methyl sites for hydroxylation is 1. The monoisotopic (exact) mass is 342 g/mol. The summed E-state index contributed by atoms with van der Waals surface area (Å²) in [6.45, 7) is 4.52. The summed E-state index contributed by atoms with van der Waals surface area (Å²) in [5.74, 6) is 0.0631. The van der Waals surface area contributed by atoms with Gasteiger partial charge in [-0.15, -0.1) is 0 Å². The topological polar surface area (TPSA) is 88.3 Å². The van der Waals surface area contributed by atoms with E-state index in [2.05, 4.69) is 15.5 Å². The molecule has 132 valence electrons. The first-order chi connectivity index (χ1) is 12.1. The van der Waals surface area contributed by atoms with Crippen molar-refractivity contribution in [2.45, 2.75) is 45.7 Å². The molecule has 7 heteroatoms. The molecule has 0 aromatic carbocycles. The van der Waals surface area contributed by atoms with Crippen molar-refractivity contribution in [3.63, 3.8) is 0 Å². The maximum Gasteiger partial charge on any atom is 0.292 e. The number of likely N-dealkylation sites (tertiary alicyclic amines) is 1. The number of rotatable bonds is 5. The summed E-state index contributed by atoms with van der Waals surface area (Å²) in [7, 11) is 0. The first-order valence-corrected chi connectivity index (χ1v) is 8.54. The molecule has 2 aromatic rings. The third-order valence-electron chi connectivity index (χ3n) is 4.39. The molecular formula is C18H22N4O3. The Morgan fingerprint density at radius 3 is 2.92 bits per heavy atom. The third kappa shape index (κ3) is 3.87. The van der Waals surface area contributed by atoms with Crippen molar-refractivity contribution in [2.75, 3.05) is 6.54 Å². The zero-order chi connectivity index (χ0) is 17.8. The Morgan fingerprint density at radius 1 is 1.36 bits per heavy atom. The molecule has 1 saturated heterocycles. The minimum Gasteiger partial charge on any atom is -0.351 e. The number of amides is 2. The van der Waals surface area contributed by atoms with Crippen LogP contribution in [-0.4, -0.2) is 33.4 Å². The fourth-order valence-electron chi connectivity index (χ4n) is 3.09. The van der Waals surface area contributed by atoms with Crippen LogP contribution in [0, 0.1) is 0 Å². The maximum absolute atomic E-state index is 12.8. The average molecular weight is 342 g/mol. The fourth-order valence-corrected chi connectivity index (χ4v) is 3.09. The van der Waals surface area contributed by atoms with Crippen LogP contribution in [0.4, 0.5) is 0 Å². The van der Waals surface area contributed by atoms with Gasteiger partial charge < -0.3 is 14.7 Å². The first kappa shape index (κ1) is 17.1. The molecule has 1 aliphatic heterocycles. The Kier molecular flexibility index (Phi) is 5.11. The van der Waals surface area contributed by atoms with Crippen molar-refractivity contribution in [1.82, 2.24) is 20.4 Å². The molecule has 1 N–H and O–H groups in total. The second-order valence-corrected chi connectivity index (χ2v) is 6.18. The molecule has 0 spiro atoms. The lowest BCUT2D eigenvalue weighted by molar-refractivity contribution is -0.119. The molecule has 1 unspecified atom stereocenters. The molecule has 25 heavy (non-hydrogen) atoms. The van der Waals surface area contributed by atoms with Crippen molar-refractivity contribution < 1.29 is 14.1 Å². The Hall–Kier alpha value is -2.70. The number of carbonyl (C=O) groups excluding carboxylic acids is 2. The van der Waals surface area contributed by atoms with Gasteiger partial charge >= 0.3 is 0 Å². The van der Waals surface area contributed by atoms with Gasteiger partial charge in [0.2, 0.25) is 11.7 Å². The lowest BCUT2D eigenvalue weighted by atomic mass is 10.0. The van der Waals surface area contributed by atoms with Crippen LogP contribution >= 0.6 is 0 Å². The molecule has 0 radical (unpaired) electrons. The van der Waals surface area contributed by atoms with Gasteiger partial charge in [0, 0.05) is 25.7 Å². The fraction of sp³-hybridized carbons (Fsp3) is 0.444. The van der Waals surface area contributed by atoms with Crippen LogP contribution in [0.15, 0.2) is 28.9 Å². The lowest BCUT2D eigenvalue weighted by Gasteiger charge is -2.24. The summed E-state index contributed by atoms with van der Waals surface area (Å²) in [5.41, 5.74) is 2.58. The summed E-state index contributed by atoms with van der Waals surface area (Å²) in [6, 6.07) is 5.57. The Labute approximate surface area is 146 Å². The second-order valence-electron chi connectivity index (χ2n) is 6.18. The van der Waals surface area contributed by atoms with Crippen LogP contribution in [0.3, 0.4) is 0 Å². The normalized spacial score (nSPS) is 16.9. The van der Waals surface area contributed by atoms with Crippen molar-refractivity contribution in [1.29, 1.82) is 0 Å². The van der Waals surface area contributed by atoms with Gasteiger partial charge in [-0.05, 0) is 37.0 Å². The third-order valence-corrected chi connectivity index (χ3v) is 4.39. The van der Waals surface area contributed by atoms with Gasteiger partial charge in [0.05, 0.1) is 24.0 Å². The highest BCUT2D eigenvalue weighted by Crippen LogP contribution is 2.33. The van der Waals surface area contributed by atoms with E-state index >= 15 is 0 Å². The first-order valence-electron chi connectivity index (χ1n) is 8.54.